The minimum Gasteiger partial charge on any atom is -0.481 e. The van der Waals surface area contributed by atoms with E-state index in [1.165, 1.54) is 0 Å². The minimum absolute atomic E-state index is 0.231. The maximum absolute atomic E-state index is 11.0. The Morgan fingerprint density at radius 1 is 1.25 bits per heavy atom. The summed E-state index contributed by atoms with van der Waals surface area (Å²) in [5.74, 6) is -1.01. The van der Waals surface area contributed by atoms with Gasteiger partial charge in [-0.1, -0.05) is 0 Å². The van der Waals surface area contributed by atoms with E-state index in [1.54, 1.807) is 0 Å². The highest BCUT2D eigenvalue weighted by molar-refractivity contribution is 5.70. The van der Waals surface area contributed by atoms with Gasteiger partial charge >= 0.3 is 5.97 Å². The molecule has 0 aromatic heterocycles. The Morgan fingerprint density at radius 2 is 1.95 bits per heavy atom. The quantitative estimate of drug-likeness (QED) is 0.684. The summed E-state index contributed by atoms with van der Waals surface area (Å²) in [6, 6.07) is 0.475. The number of aliphatic carboxylic acids is 1. The zero-order valence-electron chi connectivity index (χ0n) is 12.1. The number of aliphatic hydroxyl groups is 2. The molecule has 0 radical (unpaired) electrons. The molecule has 1 aliphatic carbocycles. The average molecular weight is 285 g/mol. The van der Waals surface area contributed by atoms with Crippen LogP contribution in [-0.4, -0.2) is 57.5 Å². The fourth-order valence-corrected chi connectivity index (χ4v) is 3.70. The number of β-amino-alcohol motifs (C(OH)–C–C–N with tert-alkyl or cyclic N) is 1. The molecule has 2 fully saturated rings. The number of carbonyl (C=O) groups is 1. The number of hydrogen-bond donors (Lipinski definition) is 3. The van der Waals surface area contributed by atoms with Gasteiger partial charge in [0.2, 0.25) is 0 Å². The Morgan fingerprint density at radius 3 is 2.55 bits per heavy atom. The van der Waals surface area contributed by atoms with Crippen LogP contribution in [0.4, 0.5) is 0 Å². The van der Waals surface area contributed by atoms with E-state index in [0.29, 0.717) is 38.3 Å². The highest BCUT2D eigenvalue weighted by Crippen LogP contribution is 2.34. The molecule has 0 spiro atoms. The monoisotopic (exact) mass is 285 g/mol. The summed E-state index contributed by atoms with van der Waals surface area (Å²) < 4.78 is 0. The number of hydrogen-bond acceptors (Lipinski definition) is 4. The Hall–Kier alpha value is -0.650. The molecule has 1 saturated carbocycles. The summed E-state index contributed by atoms with van der Waals surface area (Å²) in [5.41, 5.74) is -0.715. The molecule has 5 heteroatoms. The fourth-order valence-electron chi connectivity index (χ4n) is 3.70. The first-order valence-corrected chi connectivity index (χ1v) is 7.84. The molecule has 2 aliphatic rings. The van der Waals surface area contributed by atoms with Gasteiger partial charge in [-0.25, -0.2) is 0 Å². The van der Waals surface area contributed by atoms with Gasteiger partial charge in [-0.2, -0.15) is 0 Å². The molecule has 3 N–H and O–H groups in total. The number of aliphatic hydroxyl groups excluding tert-OH is 1. The second kappa shape index (κ2) is 6.87. The Kier molecular flexibility index (Phi) is 5.41. The smallest absolute Gasteiger partial charge is 0.306 e. The largest absolute Gasteiger partial charge is 0.481 e. The molecular formula is C15H27NO4. The molecule has 0 amide bonds. The summed E-state index contributed by atoms with van der Waals surface area (Å²) in [6.07, 6.45) is 6.46. The SMILES string of the molecule is O=C(O)C1CCC(O)(CN2CCCC2CCCO)CC1. The second-order valence-electron chi connectivity index (χ2n) is 6.47. The van der Waals surface area contributed by atoms with E-state index in [9.17, 15) is 9.90 Å². The van der Waals surface area contributed by atoms with Crippen molar-refractivity contribution in [1.29, 1.82) is 0 Å². The molecule has 5 nitrogen and oxygen atoms in total. The lowest BCUT2D eigenvalue weighted by molar-refractivity contribution is -0.145. The van der Waals surface area contributed by atoms with Crippen LogP contribution in [0.15, 0.2) is 0 Å². The van der Waals surface area contributed by atoms with Crippen molar-refractivity contribution in [3.63, 3.8) is 0 Å². The first-order chi connectivity index (χ1) is 9.54. The van der Waals surface area contributed by atoms with Crippen molar-refractivity contribution in [1.82, 2.24) is 4.90 Å². The molecule has 0 aromatic rings. The van der Waals surface area contributed by atoms with Gasteiger partial charge in [0, 0.05) is 19.2 Å². The van der Waals surface area contributed by atoms with Crippen LogP contribution >= 0.6 is 0 Å². The molecular weight excluding hydrogens is 258 g/mol. The second-order valence-corrected chi connectivity index (χ2v) is 6.47. The summed E-state index contributed by atoms with van der Waals surface area (Å²) in [4.78, 5) is 13.3. The van der Waals surface area contributed by atoms with Crippen molar-refractivity contribution in [3.8, 4) is 0 Å². The van der Waals surface area contributed by atoms with Crippen LogP contribution in [-0.2, 0) is 4.79 Å². The maximum Gasteiger partial charge on any atom is 0.306 e. The van der Waals surface area contributed by atoms with Crippen LogP contribution in [0.25, 0.3) is 0 Å². The summed E-state index contributed by atoms with van der Waals surface area (Å²) in [6.45, 7) is 1.91. The van der Waals surface area contributed by atoms with Gasteiger partial charge in [0.15, 0.2) is 0 Å². The van der Waals surface area contributed by atoms with Crippen LogP contribution in [0.2, 0.25) is 0 Å². The van der Waals surface area contributed by atoms with Gasteiger partial charge in [-0.3, -0.25) is 9.69 Å². The van der Waals surface area contributed by atoms with Crippen molar-refractivity contribution in [2.24, 2.45) is 5.92 Å². The first-order valence-electron chi connectivity index (χ1n) is 7.84. The predicted molar refractivity (Wildman–Crippen MR) is 75.5 cm³/mol. The first kappa shape index (κ1) is 15.7. The molecule has 1 atom stereocenters. The van der Waals surface area contributed by atoms with Crippen molar-refractivity contribution in [3.05, 3.63) is 0 Å². The van der Waals surface area contributed by atoms with Gasteiger partial charge in [-0.05, 0) is 57.9 Å². The van der Waals surface area contributed by atoms with E-state index in [0.717, 1.165) is 32.2 Å². The van der Waals surface area contributed by atoms with E-state index in [4.69, 9.17) is 10.2 Å². The molecule has 116 valence electrons. The highest BCUT2D eigenvalue weighted by Gasteiger charge is 2.39. The number of nitrogens with zero attached hydrogens (tertiary/aromatic N) is 1. The van der Waals surface area contributed by atoms with Crippen molar-refractivity contribution in [2.75, 3.05) is 19.7 Å². The highest BCUT2D eigenvalue weighted by atomic mass is 16.4. The average Bonchev–Trinajstić information content (AvgIpc) is 2.83. The van der Waals surface area contributed by atoms with Crippen LogP contribution in [0.1, 0.15) is 51.4 Å². The van der Waals surface area contributed by atoms with Crippen LogP contribution < -0.4 is 0 Å². The predicted octanol–water partition coefficient (Wildman–Crippen LogP) is 1.23. The van der Waals surface area contributed by atoms with E-state index < -0.39 is 11.6 Å². The molecule has 0 aromatic carbocycles. The number of carboxylic acid groups (broad SMARTS) is 1. The third kappa shape index (κ3) is 3.93. The molecule has 20 heavy (non-hydrogen) atoms. The lowest BCUT2D eigenvalue weighted by Crippen LogP contribution is -2.47. The number of rotatable bonds is 6. The topological polar surface area (TPSA) is 81.0 Å². The normalized spacial score (nSPS) is 35.3. The number of likely N-dealkylation sites (tertiary alicyclic amines) is 1. The van der Waals surface area contributed by atoms with Crippen molar-refractivity contribution < 1.29 is 20.1 Å². The lowest BCUT2D eigenvalue weighted by Gasteiger charge is -2.39. The standard InChI is InChI=1S/C15H27NO4/c17-10-2-4-13-3-1-9-16(13)11-15(20)7-5-12(6-8-15)14(18)19/h12-13,17,20H,1-11H2,(H,18,19). The van der Waals surface area contributed by atoms with Crippen LogP contribution in [0.3, 0.4) is 0 Å². The molecule has 2 rings (SSSR count). The molecule has 1 unspecified atom stereocenters. The third-order valence-corrected chi connectivity index (χ3v) is 4.96. The van der Waals surface area contributed by atoms with Gasteiger partial charge in [0.1, 0.15) is 0 Å². The summed E-state index contributed by atoms with van der Waals surface area (Å²) in [7, 11) is 0. The van der Waals surface area contributed by atoms with Gasteiger partial charge in [0.25, 0.3) is 0 Å². The Balaban J connectivity index is 1.84. The van der Waals surface area contributed by atoms with E-state index in [1.807, 2.05) is 0 Å². The molecule has 1 saturated heterocycles. The third-order valence-electron chi connectivity index (χ3n) is 4.96. The van der Waals surface area contributed by atoms with Crippen LogP contribution in [0.5, 0.6) is 0 Å². The van der Waals surface area contributed by atoms with Gasteiger partial charge in [-0.15, -0.1) is 0 Å². The summed E-state index contributed by atoms with van der Waals surface area (Å²) in [5, 5.41) is 28.6. The zero-order valence-corrected chi connectivity index (χ0v) is 12.1. The fraction of sp³-hybridized carbons (Fsp3) is 0.933. The van der Waals surface area contributed by atoms with E-state index in [-0.39, 0.29) is 12.5 Å². The van der Waals surface area contributed by atoms with E-state index >= 15 is 0 Å². The molecule has 0 bridgehead atoms. The van der Waals surface area contributed by atoms with Gasteiger partial charge in [0.05, 0.1) is 11.5 Å². The Labute approximate surface area is 120 Å². The Bertz CT molecular complexity index is 326. The van der Waals surface area contributed by atoms with Crippen molar-refractivity contribution in [2.45, 2.75) is 63.0 Å². The summed E-state index contributed by atoms with van der Waals surface area (Å²) >= 11 is 0. The molecule has 1 aliphatic heterocycles. The van der Waals surface area contributed by atoms with Gasteiger partial charge < -0.3 is 15.3 Å². The maximum atomic E-state index is 11.0. The van der Waals surface area contributed by atoms with Crippen molar-refractivity contribution >= 4 is 5.97 Å². The number of carboxylic acids is 1. The lowest BCUT2D eigenvalue weighted by atomic mass is 9.78. The minimum atomic E-state index is -0.728. The van der Waals surface area contributed by atoms with Crippen LogP contribution in [0, 0.1) is 5.92 Å². The van der Waals surface area contributed by atoms with E-state index in [2.05, 4.69) is 4.90 Å². The molecule has 1 heterocycles. The zero-order chi connectivity index (χ0) is 14.6.